The average Bonchev–Trinajstić information content (AvgIpc) is 2.73. The summed E-state index contributed by atoms with van der Waals surface area (Å²) in [5, 5.41) is 0. The van der Waals surface area contributed by atoms with Crippen LogP contribution in [0.25, 0.3) is 6.08 Å². The van der Waals surface area contributed by atoms with Gasteiger partial charge < -0.3 is 0 Å². The van der Waals surface area contributed by atoms with Crippen LogP contribution in [0.3, 0.4) is 0 Å². The van der Waals surface area contributed by atoms with Gasteiger partial charge in [-0.3, -0.25) is 0 Å². The second-order valence-electron chi connectivity index (χ2n) is 4.72. The Morgan fingerprint density at radius 1 is 1.16 bits per heavy atom. The van der Waals surface area contributed by atoms with E-state index in [9.17, 15) is 0 Å². The molecule has 0 fully saturated rings. The van der Waals surface area contributed by atoms with E-state index in [0.29, 0.717) is 5.92 Å². The second kappa shape index (κ2) is 7.06. The summed E-state index contributed by atoms with van der Waals surface area (Å²) in [4.78, 5) is 0. The van der Waals surface area contributed by atoms with E-state index in [0.717, 1.165) is 24.4 Å². The van der Waals surface area contributed by atoms with Crippen LogP contribution in [0.1, 0.15) is 36.0 Å². The number of hydrogen-bond donors (Lipinski definition) is 0. The molecule has 0 amide bonds. The number of allylic oxidation sites excluding steroid dienone is 5. The molecule has 1 aromatic carbocycles. The second-order valence-corrected chi connectivity index (χ2v) is 6.51. The first kappa shape index (κ1) is 16.9. The van der Waals surface area contributed by atoms with Gasteiger partial charge in [-0.05, 0) is 0 Å². The van der Waals surface area contributed by atoms with Crippen LogP contribution in [-0.4, -0.2) is 0 Å². The van der Waals surface area contributed by atoms with Crippen molar-refractivity contribution < 1.29 is 24.4 Å². The van der Waals surface area contributed by atoms with E-state index in [1.165, 1.54) is 29.5 Å². The number of hydrogen-bond acceptors (Lipinski definition) is 0. The summed E-state index contributed by atoms with van der Waals surface area (Å²) in [6.45, 7) is 2.26. The zero-order chi connectivity index (χ0) is 11.8. The molecule has 3 heteroatoms. The molecule has 0 spiro atoms. The zero-order valence-electron chi connectivity index (χ0n) is 10.8. The van der Waals surface area contributed by atoms with Gasteiger partial charge in [0.1, 0.15) is 0 Å². The van der Waals surface area contributed by atoms with Gasteiger partial charge in [-0.2, -0.15) is 0 Å². The Morgan fingerprint density at radius 3 is 2.68 bits per heavy atom. The van der Waals surface area contributed by atoms with Crippen LogP contribution in [-0.2, 0) is 30.8 Å². The number of rotatable bonds is 2. The van der Waals surface area contributed by atoms with Crippen LogP contribution in [0, 0.1) is 0 Å². The van der Waals surface area contributed by atoms with Crippen LogP contribution in [0.15, 0.2) is 42.0 Å². The fraction of sp³-hybridized carbons (Fsp3) is 0.250. The van der Waals surface area contributed by atoms with Crippen molar-refractivity contribution >= 4 is 34.2 Å². The first-order valence-corrected chi connectivity index (χ1v) is 8.04. The Morgan fingerprint density at radius 2 is 1.95 bits per heavy atom. The number of halogens is 2. The van der Waals surface area contributed by atoms with E-state index in [-0.39, 0.29) is 24.8 Å². The van der Waals surface area contributed by atoms with Crippen molar-refractivity contribution in [2.75, 3.05) is 0 Å². The molecule has 0 N–H and O–H groups in total. The van der Waals surface area contributed by atoms with Crippen LogP contribution >= 0.6 is 24.8 Å². The monoisotopic (exact) mass is 459 g/mol. The molecule has 0 nitrogen and oxygen atoms in total. The van der Waals surface area contributed by atoms with E-state index >= 15 is 0 Å². The minimum absolute atomic E-state index is 0. The molecule has 0 bridgehead atoms. The molecule has 0 aliphatic heterocycles. The fourth-order valence-corrected chi connectivity index (χ4v) is 4.26. The SMILES string of the molecule is CCCc1ccc2c([c]1[Hf])C=C1C=CC=CC12.Cl.Cl. The topological polar surface area (TPSA) is 0 Å². The Labute approximate surface area is 142 Å². The molecule has 19 heavy (non-hydrogen) atoms. The molecule has 0 heterocycles. The Kier molecular flexibility index (Phi) is 6.29. The maximum Gasteiger partial charge on any atom is -0.147 e. The van der Waals surface area contributed by atoms with Crippen LogP contribution in [0.2, 0.25) is 0 Å². The minimum Gasteiger partial charge on any atom is -0.147 e. The molecule has 1 unspecified atom stereocenters. The summed E-state index contributed by atoms with van der Waals surface area (Å²) < 4.78 is 1.62. The number of aryl methyl sites for hydroxylation is 1. The summed E-state index contributed by atoms with van der Waals surface area (Å²) in [5.74, 6) is 0.526. The molecular formula is C16H17Cl2Hf. The predicted molar refractivity (Wildman–Crippen MR) is 83.6 cm³/mol. The van der Waals surface area contributed by atoms with E-state index in [4.69, 9.17) is 0 Å². The third-order valence-corrected chi connectivity index (χ3v) is 5.71. The molecule has 3 rings (SSSR count). The van der Waals surface area contributed by atoms with Gasteiger partial charge in [-0.15, -0.1) is 24.8 Å². The zero-order valence-corrected chi connectivity index (χ0v) is 16.1. The summed E-state index contributed by atoms with van der Waals surface area (Å²) in [5.41, 5.74) is 6.08. The molecule has 0 saturated carbocycles. The molecule has 2 aliphatic rings. The van der Waals surface area contributed by atoms with Gasteiger partial charge in [0.2, 0.25) is 0 Å². The summed E-state index contributed by atoms with van der Waals surface area (Å²) in [6.07, 6.45) is 13.8. The third kappa shape index (κ3) is 2.99. The van der Waals surface area contributed by atoms with Crippen molar-refractivity contribution in [1.29, 1.82) is 0 Å². The largest absolute Gasteiger partial charge is 0.147 e. The predicted octanol–water partition coefficient (Wildman–Crippen LogP) is 4.26. The summed E-state index contributed by atoms with van der Waals surface area (Å²) in [6, 6.07) is 4.70. The van der Waals surface area contributed by atoms with Gasteiger partial charge in [-0.25, -0.2) is 0 Å². The third-order valence-electron chi connectivity index (χ3n) is 3.59. The standard InChI is InChI=1S/C16H15.2ClH.Hf/c1-2-5-12-8-9-16-14(10-12)11-13-6-3-4-7-15(13)16;;;/h3-4,6-9,11,15H,2,5H2,1H3;2*1H;. The first-order valence-electron chi connectivity index (χ1n) is 6.25. The van der Waals surface area contributed by atoms with Crippen LogP contribution in [0.4, 0.5) is 0 Å². The van der Waals surface area contributed by atoms with Crippen LogP contribution < -0.4 is 3.32 Å². The first-order chi connectivity index (χ1) is 8.31. The summed E-state index contributed by atoms with van der Waals surface area (Å²) in [7, 11) is 0. The molecule has 0 aromatic heterocycles. The molecular weight excluding hydrogens is 442 g/mol. The van der Waals surface area contributed by atoms with E-state index in [1.54, 1.807) is 8.88 Å². The van der Waals surface area contributed by atoms with Crippen molar-refractivity contribution in [2.24, 2.45) is 0 Å². The Balaban J connectivity index is 0.000000902. The van der Waals surface area contributed by atoms with Crippen molar-refractivity contribution in [3.8, 4) is 0 Å². The van der Waals surface area contributed by atoms with Gasteiger partial charge in [-0.1, -0.05) is 0 Å². The smallest absolute Gasteiger partial charge is 0.147 e. The summed E-state index contributed by atoms with van der Waals surface area (Å²) >= 11 is 1.15. The van der Waals surface area contributed by atoms with Gasteiger partial charge >= 0.3 is 118 Å². The molecule has 99 valence electrons. The van der Waals surface area contributed by atoms with E-state index < -0.39 is 0 Å². The number of fused-ring (bicyclic) bond motifs is 3. The fourth-order valence-electron chi connectivity index (χ4n) is 2.73. The maximum atomic E-state index is 2.40. The van der Waals surface area contributed by atoms with Gasteiger partial charge in [0.25, 0.3) is 0 Å². The molecule has 1 aromatic rings. The normalized spacial score (nSPS) is 17.9. The Hall–Kier alpha value is -0.110. The van der Waals surface area contributed by atoms with Crippen LogP contribution in [0.5, 0.6) is 0 Å². The quantitative estimate of drug-likeness (QED) is 0.581. The molecule has 0 saturated heterocycles. The molecule has 2 aliphatic carbocycles. The van der Waals surface area contributed by atoms with Gasteiger partial charge in [0, 0.05) is 0 Å². The van der Waals surface area contributed by atoms with E-state index in [1.807, 2.05) is 0 Å². The molecule has 0 radical (unpaired) electrons. The average molecular weight is 459 g/mol. The van der Waals surface area contributed by atoms with Gasteiger partial charge in [0.05, 0.1) is 0 Å². The molecule has 1 atom stereocenters. The minimum atomic E-state index is 0. The van der Waals surface area contributed by atoms with Crippen molar-refractivity contribution in [3.63, 3.8) is 0 Å². The maximum absolute atomic E-state index is 2.40. The van der Waals surface area contributed by atoms with Crippen molar-refractivity contribution in [3.05, 3.63) is 58.7 Å². The van der Waals surface area contributed by atoms with Crippen molar-refractivity contribution in [1.82, 2.24) is 0 Å². The number of benzene rings is 1. The Bertz CT molecular complexity index is 556. The van der Waals surface area contributed by atoms with E-state index in [2.05, 4.69) is 49.4 Å². The van der Waals surface area contributed by atoms with Crippen molar-refractivity contribution in [2.45, 2.75) is 25.7 Å². The van der Waals surface area contributed by atoms with Gasteiger partial charge in [0.15, 0.2) is 0 Å².